The van der Waals surface area contributed by atoms with Crippen LogP contribution in [0.4, 0.5) is 0 Å². The summed E-state index contributed by atoms with van der Waals surface area (Å²) in [5.41, 5.74) is 0.235. The molecule has 1 rings (SSSR count). The molecule has 5 heteroatoms. The van der Waals surface area contributed by atoms with Crippen molar-refractivity contribution in [3.63, 3.8) is 0 Å². The molecule has 1 saturated heterocycles. The maximum Gasteiger partial charge on any atom is 0.336 e. The fourth-order valence-corrected chi connectivity index (χ4v) is 3.60. The van der Waals surface area contributed by atoms with E-state index in [0.717, 1.165) is 38.7 Å². The van der Waals surface area contributed by atoms with Crippen LogP contribution in [0.2, 0.25) is 12.6 Å². The van der Waals surface area contributed by atoms with Crippen LogP contribution in [0.3, 0.4) is 0 Å². The van der Waals surface area contributed by atoms with E-state index in [9.17, 15) is 0 Å². The summed E-state index contributed by atoms with van der Waals surface area (Å²) in [5, 5.41) is 0. The van der Waals surface area contributed by atoms with Crippen LogP contribution in [-0.2, 0) is 18.3 Å². The van der Waals surface area contributed by atoms with Crippen LogP contribution in [-0.4, -0.2) is 42.3 Å². The fourth-order valence-electron chi connectivity index (χ4n) is 1.89. The molecule has 0 spiro atoms. The molecule has 1 aliphatic rings. The summed E-state index contributed by atoms with van der Waals surface area (Å²) in [6.07, 6.45) is 2.18. The van der Waals surface area contributed by atoms with Gasteiger partial charge in [0, 0.05) is 12.5 Å². The molecule has 0 saturated carbocycles. The zero-order chi connectivity index (χ0) is 12.8. The third-order valence-corrected chi connectivity index (χ3v) is 6.56. The van der Waals surface area contributed by atoms with Crippen molar-refractivity contribution in [2.75, 3.05) is 33.7 Å². The van der Waals surface area contributed by atoms with E-state index in [4.69, 9.17) is 18.3 Å². The molecule has 0 aromatic rings. The second-order valence-electron chi connectivity index (χ2n) is 5.04. The normalized spacial score (nSPS) is 21.9. The number of ether oxygens (including phenoxy) is 2. The lowest BCUT2D eigenvalue weighted by Crippen LogP contribution is -2.46. The summed E-state index contributed by atoms with van der Waals surface area (Å²) in [6.45, 7) is 9.11. The van der Waals surface area contributed by atoms with Gasteiger partial charge in [-0.1, -0.05) is 20.3 Å². The first kappa shape index (κ1) is 15.1. The highest BCUT2D eigenvalue weighted by atomic mass is 28.4. The maximum absolute atomic E-state index is 5.78. The van der Waals surface area contributed by atoms with Crippen molar-refractivity contribution in [2.24, 2.45) is 5.41 Å². The van der Waals surface area contributed by atoms with Crippen molar-refractivity contribution >= 4 is 8.56 Å². The Kier molecular flexibility index (Phi) is 6.09. The van der Waals surface area contributed by atoms with E-state index < -0.39 is 8.56 Å². The molecule has 0 aliphatic carbocycles. The van der Waals surface area contributed by atoms with Gasteiger partial charge >= 0.3 is 8.56 Å². The molecule has 0 aromatic heterocycles. The van der Waals surface area contributed by atoms with Gasteiger partial charge in [0.05, 0.1) is 19.8 Å². The van der Waals surface area contributed by atoms with Crippen molar-refractivity contribution in [2.45, 2.75) is 39.3 Å². The van der Waals surface area contributed by atoms with Crippen LogP contribution in [0.5, 0.6) is 0 Å². The standard InChI is InChI=1S/C12H26O4Si/c1-5-7-17(4,13-3)16-11-15-10-12(6-2)8-14-9-12/h5-11H2,1-4H3. The minimum Gasteiger partial charge on any atom is -0.398 e. The largest absolute Gasteiger partial charge is 0.398 e. The van der Waals surface area contributed by atoms with Crippen LogP contribution in [0.1, 0.15) is 26.7 Å². The summed E-state index contributed by atoms with van der Waals surface area (Å²) < 4.78 is 22.1. The first-order valence-corrected chi connectivity index (χ1v) is 8.97. The fraction of sp³-hybridized carbons (Fsp3) is 1.00. The Balaban J connectivity index is 2.18. The van der Waals surface area contributed by atoms with Gasteiger partial charge < -0.3 is 18.3 Å². The van der Waals surface area contributed by atoms with Crippen LogP contribution in [0.15, 0.2) is 0 Å². The molecule has 1 aliphatic heterocycles. The van der Waals surface area contributed by atoms with Crippen molar-refractivity contribution in [1.29, 1.82) is 0 Å². The molecule has 1 unspecified atom stereocenters. The summed E-state index contributed by atoms with van der Waals surface area (Å²) in [5.74, 6) is 0. The van der Waals surface area contributed by atoms with E-state index in [0.29, 0.717) is 6.79 Å². The lowest BCUT2D eigenvalue weighted by molar-refractivity contribution is -0.164. The third kappa shape index (κ3) is 4.33. The average Bonchev–Trinajstić information content (AvgIpc) is 2.28. The van der Waals surface area contributed by atoms with E-state index in [-0.39, 0.29) is 5.41 Å². The van der Waals surface area contributed by atoms with Gasteiger partial charge in [-0.25, -0.2) is 0 Å². The minimum absolute atomic E-state index is 0.235. The zero-order valence-electron chi connectivity index (χ0n) is 11.6. The van der Waals surface area contributed by atoms with Gasteiger partial charge in [0.2, 0.25) is 0 Å². The molecule has 0 N–H and O–H groups in total. The molecular formula is C12H26O4Si. The molecule has 1 fully saturated rings. The Hall–Kier alpha value is 0.0569. The highest BCUT2D eigenvalue weighted by Crippen LogP contribution is 2.31. The molecule has 1 heterocycles. The van der Waals surface area contributed by atoms with Crippen LogP contribution in [0.25, 0.3) is 0 Å². The molecule has 0 aromatic carbocycles. The third-order valence-electron chi connectivity index (χ3n) is 3.56. The van der Waals surface area contributed by atoms with Gasteiger partial charge in [0.25, 0.3) is 0 Å². The lowest BCUT2D eigenvalue weighted by atomic mass is 9.84. The van der Waals surface area contributed by atoms with E-state index in [1.165, 1.54) is 0 Å². The smallest absolute Gasteiger partial charge is 0.336 e. The summed E-state index contributed by atoms with van der Waals surface area (Å²) in [4.78, 5) is 0. The quantitative estimate of drug-likeness (QED) is 0.363. The second-order valence-corrected chi connectivity index (χ2v) is 8.51. The van der Waals surface area contributed by atoms with E-state index in [2.05, 4.69) is 20.4 Å². The zero-order valence-corrected chi connectivity index (χ0v) is 12.6. The molecule has 0 bridgehead atoms. The van der Waals surface area contributed by atoms with Gasteiger partial charge in [0.15, 0.2) is 0 Å². The average molecular weight is 262 g/mol. The number of hydrogen-bond acceptors (Lipinski definition) is 4. The number of rotatable bonds is 9. The highest BCUT2D eigenvalue weighted by Gasteiger charge is 2.37. The Labute approximate surface area is 106 Å². The topological polar surface area (TPSA) is 36.9 Å². The van der Waals surface area contributed by atoms with E-state index in [1.807, 2.05) is 0 Å². The van der Waals surface area contributed by atoms with Crippen LogP contribution >= 0.6 is 0 Å². The molecule has 0 radical (unpaired) electrons. The Morgan fingerprint density at radius 1 is 1.29 bits per heavy atom. The van der Waals surface area contributed by atoms with Gasteiger partial charge in [-0.3, -0.25) is 0 Å². The Morgan fingerprint density at radius 2 is 2.00 bits per heavy atom. The second kappa shape index (κ2) is 6.85. The van der Waals surface area contributed by atoms with Crippen molar-refractivity contribution < 1.29 is 18.3 Å². The highest BCUT2D eigenvalue weighted by molar-refractivity contribution is 6.65. The van der Waals surface area contributed by atoms with Crippen LogP contribution in [0, 0.1) is 5.41 Å². The lowest BCUT2D eigenvalue weighted by Gasteiger charge is -2.40. The van der Waals surface area contributed by atoms with Crippen LogP contribution < -0.4 is 0 Å². The summed E-state index contributed by atoms with van der Waals surface area (Å²) in [7, 11) is -0.247. The Morgan fingerprint density at radius 3 is 2.41 bits per heavy atom. The van der Waals surface area contributed by atoms with E-state index >= 15 is 0 Å². The van der Waals surface area contributed by atoms with Crippen molar-refractivity contribution in [3.8, 4) is 0 Å². The molecule has 102 valence electrons. The van der Waals surface area contributed by atoms with Crippen molar-refractivity contribution in [3.05, 3.63) is 0 Å². The molecular weight excluding hydrogens is 236 g/mol. The van der Waals surface area contributed by atoms with E-state index in [1.54, 1.807) is 7.11 Å². The predicted octanol–water partition coefficient (Wildman–Crippen LogP) is 2.53. The molecule has 17 heavy (non-hydrogen) atoms. The monoisotopic (exact) mass is 262 g/mol. The molecule has 1 atom stereocenters. The predicted molar refractivity (Wildman–Crippen MR) is 69.2 cm³/mol. The first-order valence-electron chi connectivity index (χ1n) is 6.44. The van der Waals surface area contributed by atoms with Gasteiger partial charge in [-0.05, 0) is 19.0 Å². The minimum atomic E-state index is -1.98. The SMILES string of the molecule is CCC[Si](C)(OC)OCOCC1(CC)COC1. The first-order chi connectivity index (χ1) is 8.10. The summed E-state index contributed by atoms with van der Waals surface area (Å²) in [6, 6.07) is 1.01. The van der Waals surface area contributed by atoms with Gasteiger partial charge in [-0.15, -0.1) is 0 Å². The van der Waals surface area contributed by atoms with Gasteiger partial charge in [-0.2, -0.15) is 0 Å². The molecule has 0 amide bonds. The number of hydrogen-bond donors (Lipinski definition) is 0. The van der Waals surface area contributed by atoms with Crippen molar-refractivity contribution in [1.82, 2.24) is 0 Å². The Bertz CT molecular complexity index is 215. The molecule has 4 nitrogen and oxygen atoms in total. The van der Waals surface area contributed by atoms with Gasteiger partial charge in [0.1, 0.15) is 6.79 Å². The maximum atomic E-state index is 5.78. The summed E-state index contributed by atoms with van der Waals surface area (Å²) >= 11 is 0.